The van der Waals surface area contributed by atoms with Crippen molar-refractivity contribution in [2.75, 3.05) is 0 Å². The van der Waals surface area contributed by atoms with Gasteiger partial charge < -0.3 is 4.74 Å². The SMILES string of the molecule is CCC(=O)C(C)Oc1cc(Cl)c(Br)cc1Cl. The second-order valence-electron chi connectivity index (χ2n) is 3.28. The Balaban J connectivity index is 2.89. The summed E-state index contributed by atoms with van der Waals surface area (Å²) in [6.45, 7) is 3.48. The second-order valence-corrected chi connectivity index (χ2v) is 4.95. The van der Waals surface area contributed by atoms with Gasteiger partial charge in [0, 0.05) is 17.0 Å². The number of Topliss-reactive ketones (excluding diaryl/α,β-unsaturated/α-hetero) is 1. The molecule has 0 saturated carbocycles. The number of carbonyl (C=O) groups excluding carboxylic acids is 1. The predicted octanol–water partition coefficient (Wildman–Crippen LogP) is 4.50. The number of rotatable bonds is 4. The fourth-order valence-corrected chi connectivity index (χ4v) is 1.98. The lowest BCUT2D eigenvalue weighted by Gasteiger charge is -2.14. The minimum atomic E-state index is -0.514. The summed E-state index contributed by atoms with van der Waals surface area (Å²) in [5.74, 6) is 0.444. The molecule has 1 rings (SSSR count). The molecule has 0 aliphatic rings. The predicted molar refractivity (Wildman–Crippen MR) is 69.6 cm³/mol. The van der Waals surface area contributed by atoms with Crippen molar-refractivity contribution >= 4 is 44.9 Å². The van der Waals surface area contributed by atoms with Gasteiger partial charge in [-0.3, -0.25) is 4.79 Å². The van der Waals surface area contributed by atoms with Crippen LogP contribution in [-0.4, -0.2) is 11.9 Å². The highest BCUT2D eigenvalue weighted by Gasteiger charge is 2.15. The molecule has 2 nitrogen and oxygen atoms in total. The van der Waals surface area contributed by atoms with Gasteiger partial charge in [-0.15, -0.1) is 0 Å². The Morgan fingerprint density at radius 2 is 2.06 bits per heavy atom. The summed E-state index contributed by atoms with van der Waals surface area (Å²) < 4.78 is 6.14. The monoisotopic (exact) mass is 324 g/mol. The van der Waals surface area contributed by atoms with Crippen molar-refractivity contribution < 1.29 is 9.53 Å². The Hall–Kier alpha value is -0.250. The lowest BCUT2D eigenvalue weighted by molar-refractivity contribution is -0.124. The minimum absolute atomic E-state index is 0.0232. The van der Waals surface area contributed by atoms with E-state index in [0.717, 1.165) is 0 Å². The highest BCUT2D eigenvalue weighted by atomic mass is 79.9. The van der Waals surface area contributed by atoms with Crippen molar-refractivity contribution in [1.82, 2.24) is 0 Å². The van der Waals surface area contributed by atoms with E-state index in [1.165, 1.54) is 0 Å². The van der Waals surface area contributed by atoms with Crippen LogP contribution in [0.3, 0.4) is 0 Å². The topological polar surface area (TPSA) is 26.3 Å². The fourth-order valence-electron chi connectivity index (χ4n) is 1.14. The van der Waals surface area contributed by atoms with Gasteiger partial charge in [0.05, 0.1) is 10.0 Å². The molecule has 0 heterocycles. The maximum atomic E-state index is 11.4. The zero-order valence-corrected chi connectivity index (χ0v) is 12.0. The van der Waals surface area contributed by atoms with E-state index in [0.29, 0.717) is 26.7 Å². The number of ether oxygens (including phenoxy) is 1. The van der Waals surface area contributed by atoms with E-state index >= 15 is 0 Å². The molecule has 0 saturated heterocycles. The molecule has 0 aromatic heterocycles. The third-order valence-electron chi connectivity index (χ3n) is 2.08. The van der Waals surface area contributed by atoms with Crippen LogP contribution in [0, 0.1) is 0 Å². The highest BCUT2D eigenvalue weighted by Crippen LogP contribution is 2.34. The van der Waals surface area contributed by atoms with Crippen LogP contribution < -0.4 is 4.74 Å². The van der Waals surface area contributed by atoms with E-state index < -0.39 is 6.10 Å². The molecule has 1 aromatic carbocycles. The Morgan fingerprint density at radius 3 is 2.62 bits per heavy atom. The van der Waals surface area contributed by atoms with Crippen LogP contribution in [0.1, 0.15) is 20.3 Å². The summed E-state index contributed by atoms with van der Waals surface area (Å²) in [6.07, 6.45) is -0.0806. The smallest absolute Gasteiger partial charge is 0.172 e. The number of hydrogen-bond donors (Lipinski definition) is 0. The van der Waals surface area contributed by atoms with Crippen molar-refractivity contribution in [3.05, 3.63) is 26.7 Å². The molecule has 1 atom stereocenters. The number of carbonyl (C=O) groups is 1. The third-order valence-corrected chi connectivity index (χ3v) is 3.57. The first-order valence-electron chi connectivity index (χ1n) is 4.79. The molecule has 1 unspecified atom stereocenters. The molecule has 0 spiro atoms. The molecule has 0 aliphatic carbocycles. The van der Waals surface area contributed by atoms with E-state index in [1.54, 1.807) is 26.0 Å². The highest BCUT2D eigenvalue weighted by molar-refractivity contribution is 9.10. The first-order chi connectivity index (χ1) is 7.45. The standard InChI is InChI=1S/C11H11BrCl2O2/c1-3-10(15)6(2)16-11-5-8(13)7(12)4-9(11)14/h4-6H,3H2,1-2H3. The van der Waals surface area contributed by atoms with Crippen molar-refractivity contribution in [3.8, 4) is 5.75 Å². The average molecular weight is 326 g/mol. The molecule has 16 heavy (non-hydrogen) atoms. The summed E-state index contributed by atoms with van der Waals surface area (Å²) in [6, 6.07) is 3.23. The Kier molecular flexibility index (Phi) is 5.09. The van der Waals surface area contributed by atoms with Crippen LogP contribution >= 0.6 is 39.1 Å². The summed E-state index contributed by atoms with van der Waals surface area (Å²) in [7, 11) is 0. The molecule has 0 fully saturated rings. The van der Waals surface area contributed by atoms with Crippen LogP contribution in [0.25, 0.3) is 0 Å². The van der Waals surface area contributed by atoms with Gasteiger partial charge in [0.15, 0.2) is 11.9 Å². The largest absolute Gasteiger partial charge is 0.481 e. The maximum Gasteiger partial charge on any atom is 0.172 e. The van der Waals surface area contributed by atoms with E-state index in [2.05, 4.69) is 15.9 Å². The van der Waals surface area contributed by atoms with Gasteiger partial charge in [-0.25, -0.2) is 0 Å². The number of halogens is 3. The number of hydrogen-bond acceptors (Lipinski definition) is 2. The molecular formula is C11H11BrCl2O2. The van der Waals surface area contributed by atoms with Crippen LogP contribution in [0.2, 0.25) is 10.0 Å². The lowest BCUT2D eigenvalue weighted by atomic mass is 10.2. The Labute approximate surface area is 113 Å². The molecular weight excluding hydrogens is 315 g/mol. The van der Waals surface area contributed by atoms with Gasteiger partial charge in [0.2, 0.25) is 0 Å². The van der Waals surface area contributed by atoms with E-state index in [1.807, 2.05) is 0 Å². The van der Waals surface area contributed by atoms with Crippen molar-refractivity contribution in [1.29, 1.82) is 0 Å². The first-order valence-corrected chi connectivity index (χ1v) is 6.34. The van der Waals surface area contributed by atoms with Crippen LogP contribution in [-0.2, 0) is 4.79 Å². The molecule has 0 amide bonds. The van der Waals surface area contributed by atoms with Crippen LogP contribution in [0.5, 0.6) is 5.75 Å². The maximum absolute atomic E-state index is 11.4. The van der Waals surface area contributed by atoms with Gasteiger partial charge in [-0.05, 0) is 28.9 Å². The van der Waals surface area contributed by atoms with E-state index in [9.17, 15) is 4.79 Å². The van der Waals surface area contributed by atoms with Crippen LogP contribution in [0.4, 0.5) is 0 Å². The zero-order valence-electron chi connectivity index (χ0n) is 8.89. The molecule has 1 aromatic rings. The van der Waals surface area contributed by atoms with Crippen LogP contribution in [0.15, 0.2) is 16.6 Å². The molecule has 0 aliphatic heterocycles. The molecule has 88 valence electrons. The molecule has 0 bridgehead atoms. The normalized spacial score (nSPS) is 12.3. The second kappa shape index (κ2) is 5.89. The number of benzene rings is 1. The van der Waals surface area contributed by atoms with Crippen molar-refractivity contribution in [2.45, 2.75) is 26.4 Å². The molecule has 0 N–H and O–H groups in total. The van der Waals surface area contributed by atoms with Gasteiger partial charge >= 0.3 is 0 Å². The molecule has 5 heteroatoms. The summed E-state index contributed by atoms with van der Waals surface area (Å²) in [5, 5.41) is 0.919. The fraction of sp³-hybridized carbons (Fsp3) is 0.364. The minimum Gasteiger partial charge on any atom is -0.481 e. The van der Waals surface area contributed by atoms with Gasteiger partial charge in [-0.2, -0.15) is 0 Å². The van der Waals surface area contributed by atoms with Crippen molar-refractivity contribution in [3.63, 3.8) is 0 Å². The average Bonchev–Trinajstić information content (AvgIpc) is 2.24. The quantitative estimate of drug-likeness (QED) is 0.762. The van der Waals surface area contributed by atoms with E-state index in [-0.39, 0.29) is 5.78 Å². The van der Waals surface area contributed by atoms with Gasteiger partial charge in [0.25, 0.3) is 0 Å². The Morgan fingerprint density at radius 1 is 1.44 bits per heavy atom. The zero-order chi connectivity index (χ0) is 12.3. The third kappa shape index (κ3) is 3.37. The first kappa shape index (κ1) is 13.8. The van der Waals surface area contributed by atoms with Gasteiger partial charge in [-0.1, -0.05) is 30.1 Å². The van der Waals surface area contributed by atoms with Gasteiger partial charge in [0.1, 0.15) is 5.75 Å². The summed E-state index contributed by atoms with van der Waals surface area (Å²) >= 11 is 15.1. The van der Waals surface area contributed by atoms with Crippen molar-refractivity contribution in [2.24, 2.45) is 0 Å². The molecule has 0 radical (unpaired) electrons. The Bertz CT molecular complexity index is 407. The summed E-state index contributed by atoms with van der Waals surface area (Å²) in [4.78, 5) is 11.4. The summed E-state index contributed by atoms with van der Waals surface area (Å²) in [5.41, 5.74) is 0. The lowest BCUT2D eigenvalue weighted by Crippen LogP contribution is -2.22. The van der Waals surface area contributed by atoms with E-state index in [4.69, 9.17) is 27.9 Å². The number of ketones is 1.